The highest BCUT2D eigenvalue weighted by molar-refractivity contribution is 6.46. The highest BCUT2D eigenvalue weighted by atomic mass is 16.5. The average Bonchev–Trinajstić information content (AvgIpc) is 3.37. The van der Waals surface area contributed by atoms with Crippen LogP contribution in [0.2, 0.25) is 0 Å². The van der Waals surface area contributed by atoms with E-state index >= 15 is 0 Å². The number of ketones is 1. The number of aliphatic hydroxyl groups excluding tert-OH is 1. The van der Waals surface area contributed by atoms with Crippen LogP contribution in [0.1, 0.15) is 29.9 Å². The first kappa shape index (κ1) is 19.4. The van der Waals surface area contributed by atoms with Crippen LogP contribution in [0.3, 0.4) is 0 Å². The van der Waals surface area contributed by atoms with Gasteiger partial charge in [0, 0.05) is 18.0 Å². The molecular formula is C23H20N2O5. The molecular weight excluding hydrogens is 384 g/mol. The Morgan fingerprint density at radius 1 is 1.20 bits per heavy atom. The predicted molar refractivity (Wildman–Crippen MR) is 108 cm³/mol. The summed E-state index contributed by atoms with van der Waals surface area (Å²) in [7, 11) is 0. The standard InChI is InChI=1S/C23H20N2O5/c1-2-29-17-8-3-6-15(12-17)21(26)19-20(16-7-4-10-24-13-16)25(23(28)22(19)27)14-18-9-5-11-30-18/h3-13,20,26H,2,14H2,1H3/b21-19-. The Kier molecular flexibility index (Phi) is 5.34. The maximum Gasteiger partial charge on any atom is 0.296 e. The lowest BCUT2D eigenvalue weighted by molar-refractivity contribution is -0.140. The number of likely N-dealkylation sites (tertiary alicyclic amines) is 1. The lowest BCUT2D eigenvalue weighted by Gasteiger charge is -2.24. The van der Waals surface area contributed by atoms with Crippen LogP contribution in [0.25, 0.3) is 5.76 Å². The van der Waals surface area contributed by atoms with Gasteiger partial charge in [-0.15, -0.1) is 0 Å². The van der Waals surface area contributed by atoms with Crippen molar-refractivity contribution in [3.05, 3.63) is 89.6 Å². The van der Waals surface area contributed by atoms with Crippen molar-refractivity contribution in [2.45, 2.75) is 19.5 Å². The Morgan fingerprint density at radius 3 is 2.77 bits per heavy atom. The normalized spacial score (nSPS) is 18.0. The van der Waals surface area contributed by atoms with Crippen molar-refractivity contribution in [1.82, 2.24) is 9.88 Å². The number of carbonyl (C=O) groups is 2. The van der Waals surface area contributed by atoms with Gasteiger partial charge in [-0.05, 0) is 42.8 Å². The van der Waals surface area contributed by atoms with Crippen molar-refractivity contribution in [2.75, 3.05) is 6.61 Å². The van der Waals surface area contributed by atoms with Crippen LogP contribution in [0.15, 0.2) is 77.2 Å². The van der Waals surface area contributed by atoms with Crippen molar-refractivity contribution >= 4 is 17.4 Å². The Hall–Kier alpha value is -3.87. The van der Waals surface area contributed by atoms with Gasteiger partial charge in [-0.2, -0.15) is 0 Å². The molecule has 0 spiro atoms. The van der Waals surface area contributed by atoms with Crippen molar-refractivity contribution in [2.24, 2.45) is 0 Å². The van der Waals surface area contributed by atoms with E-state index in [-0.39, 0.29) is 17.9 Å². The summed E-state index contributed by atoms with van der Waals surface area (Å²) in [6, 6.07) is 12.9. The molecule has 30 heavy (non-hydrogen) atoms. The first-order valence-electron chi connectivity index (χ1n) is 9.54. The number of hydrogen-bond donors (Lipinski definition) is 1. The van der Waals surface area contributed by atoms with Crippen molar-refractivity contribution in [3.63, 3.8) is 0 Å². The van der Waals surface area contributed by atoms with E-state index in [0.717, 1.165) is 0 Å². The molecule has 1 unspecified atom stereocenters. The minimum absolute atomic E-state index is 0.00760. The van der Waals surface area contributed by atoms with Gasteiger partial charge in [0.2, 0.25) is 0 Å². The number of aliphatic hydroxyl groups is 1. The Bertz CT molecular complexity index is 1090. The SMILES string of the molecule is CCOc1cccc(/C(O)=C2/C(=O)C(=O)N(Cc3ccco3)C2c2cccnc2)c1. The summed E-state index contributed by atoms with van der Waals surface area (Å²) in [5, 5.41) is 11.1. The number of carbonyl (C=O) groups excluding carboxylic acids is 2. The number of ether oxygens (including phenoxy) is 1. The third kappa shape index (κ3) is 3.57. The second kappa shape index (κ2) is 8.24. The van der Waals surface area contributed by atoms with Crippen LogP contribution < -0.4 is 4.74 Å². The van der Waals surface area contributed by atoms with Gasteiger partial charge in [-0.3, -0.25) is 14.6 Å². The summed E-state index contributed by atoms with van der Waals surface area (Å²) >= 11 is 0. The summed E-state index contributed by atoms with van der Waals surface area (Å²) in [5.74, 6) is -0.628. The summed E-state index contributed by atoms with van der Waals surface area (Å²) < 4.78 is 10.9. The fourth-order valence-electron chi connectivity index (χ4n) is 3.55. The van der Waals surface area contributed by atoms with Crippen LogP contribution in [-0.4, -0.2) is 33.3 Å². The number of benzene rings is 1. The minimum Gasteiger partial charge on any atom is -0.507 e. The van der Waals surface area contributed by atoms with E-state index in [1.54, 1.807) is 60.9 Å². The number of hydrogen-bond acceptors (Lipinski definition) is 6. The summed E-state index contributed by atoms with van der Waals surface area (Å²) in [6.07, 6.45) is 4.69. The lowest BCUT2D eigenvalue weighted by Crippen LogP contribution is -2.29. The molecule has 1 amide bonds. The number of nitrogens with zero attached hydrogens (tertiary/aromatic N) is 2. The molecule has 152 valence electrons. The molecule has 1 aliphatic rings. The Morgan fingerprint density at radius 2 is 2.07 bits per heavy atom. The van der Waals surface area contributed by atoms with Crippen LogP contribution in [0.5, 0.6) is 5.75 Å². The molecule has 0 aliphatic carbocycles. The molecule has 3 heterocycles. The second-order valence-electron chi connectivity index (χ2n) is 6.75. The fraction of sp³-hybridized carbons (Fsp3) is 0.174. The number of furan rings is 1. The first-order chi connectivity index (χ1) is 14.6. The van der Waals surface area contributed by atoms with Gasteiger partial charge in [-0.25, -0.2) is 0 Å². The summed E-state index contributed by atoms with van der Waals surface area (Å²) in [6.45, 7) is 2.41. The molecule has 1 aromatic carbocycles. The molecule has 0 saturated carbocycles. The highest BCUT2D eigenvalue weighted by Gasteiger charge is 2.46. The quantitative estimate of drug-likeness (QED) is 0.383. The van der Waals surface area contributed by atoms with E-state index in [1.807, 2.05) is 6.92 Å². The zero-order chi connectivity index (χ0) is 21.1. The molecule has 0 bridgehead atoms. The topological polar surface area (TPSA) is 92.9 Å². The van der Waals surface area contributed by atoms with E-state index in [9.17, 15) is 14.7 Å². The number of aromatic nitrogens is 1. The number of Topliss-reactive ketones (excluding diaryl/α,β-unsaturated/α-hetero) is 1. The maximum atomic E-state index is 13.0. The molecule has 0 radical (unpaired) electrons. The maximum absolute atomic E-state index is 13.0. The van der Waals surface area contributed by atoms with E-state index in [0.29, 0.717) is 29.2 Å². The van der Waals surface area contributed by atoms with Gasteiger partial charge in [0.05, 0.1) is 31.0 Å². The van der Waals surface area contributed by atoms with Crippen molar-refractivity contribution < 1.29 is 23.8 Å². The van der Waals surface area contributed by atoms with Gasteiger partial charge in [-0.1, -0.05) is 18.2 Å². The van der Waals surface area contributed by atoms with Crippen LogP contribution in [0, 0.1) is 0 Å². The van der Waals surface area contributed by atoms with E-state index in [2.05, 4.69) is 4.98 Å². The number of amides is 1. The van der Waals surface area contributed by atoms with E-state index in [4.69, 9.17) is 9.15 Å². The van der Waals surface area contributed by atoms with Crippen molar-refractivity contribution in [1.29, 1.82) is 0 Å². The molecule has 1 aliphatic heterocycles. The van der Waals surface area contributed by atoms with Crippen LogP contribution >= 0.6 is 0 Å². The smallest absolute Gasteiger partial charge is 0.296 e. The second-order valence-corrected chi connectivity index (χ2v) is 6.75. The molecule has 4 rings (SSSR count). The Balaban J connectivity index is 1.84. The molecule has 1 atom stereocenters. The number of rotatable bonds is 6. The summed E-state index contributed by atoms with van der Waals surface area (Å²) in [4.78, 5) is 31.3. The molecule has 2 aromatic heterocycles. The fourth-order valence-corrected chi connectivity index (χ4v) is 3.55. The lowest BCUT2D eigenvalue weighted by atomic mass is 9.96. The average molecular weight is 404 g/mol. The van der Waals surface area contributed by atoms with Gasteiger partial charge >= 0.3 is 0 Å². The Labute approximate surface area is 173 Å². The monoisotopic (exact) mass is 404 g/mol. The van der Waals surface area contributed by atoms with Crippen LogP contribution in [-0.2, 0) is 16.1 Å². The largest absolute Gasteiger partial charge is 0.507 e. The molecule has 7 heteroatoms. The number of pyridine rings is 1. The third-order valence-corrected chi connectivity index (χ3v) is 4.86. The minimum atomic E-state index is -0.792. The summed E-state index contributed by atoms with van der Waals surface area (Å²) in [5.41, 5.74) is 1.02. The van der Waals surface area contributed by atoms with Gasteiger partial charge < -0.3 is 19.2 Å². The first-order valence-corrected chi connectivity index (χ1v) is 9.54. The van der Waals surface area contributed by atoms with E-state index in [1.165, 1.54) is 11.2 Å². The molecule has 1 fully saturated rings. The van der Waals surface area contributed by atoms with Crippen molar-refractivity contribution in [3.8, 4) is 5.75 Å². The zero-order valence-electron chi connectivity index (χ0n) is 16.3. The molecule has 7 nitrogen and oxygen atoms in total. The van der Waals surface area contributed by atoms with Gasteiger partial charge in [0.25, 0.3) is 11.7 Å². The molecule has 1 saturated heterocycles. The van der Waals surface area contributed by atoms with Crippen LogP contribution in [0.4, 0.5) is 0 Å². The molecule has 1 N–H and O–H groups in total. The molecule has 3 aromatic rings. The predicted octanol–water partition coefficient (Wildman–Crippen LogP) is 3.70. The van der Waals surface area contributed by atoms with E-state index < -0.39 is 17.7 Å². The van der Waals surface area contributed by atoms with Gasteiger partial charge in [0.1, 0.15) is 17.3 Å². The van der Waals surface area contributed by atoms with Gasteiger partial charge in [0.15, 0.2) is 0 Å². The highest BCUT2D eigenvalue weighted by Crippen LogP contribution is 2.40. The zero-order valence-corrected chi connectivity index (χ0v) is 16.3. The third-order valence-electron chi connectivity index (χ3n) is 4.86.